The lowest BCUT2D eigenvalue weighted by atomic mass is 9.45. The molecular weight excluding hydrogens is 304 g/mol. The topological polar surface area (TPSA) is 80.9 Å². The van der Waals surface area contributed by atoms with E-state index in [0.29, 0.717) is 12.8 Å². The second kappa shape index (κ2) is 4.73. The van der Waals surface area contributed by atoms with Crippen LogP contribution in [0.25, 0.3) is 0 Å². The van der Waals surface area contributed by atoms with Crippen LogP contribution in [0.3, 0.4) is 0 Å². The Bertz CT molecular complexity index is 623. The molecule has 3 fully saturated rings. The standard InChI is InChI=1S/C20H30O4/c1-10-8-19-9-20(24)14(7-15(21)18(3,4)17(20)23)11(2)13(19)6-5-12(10)16(19)22/h8,12-17,21-24H,2,5-7,9H2,1,3-4H3. The van der Waals surface area contributed by atoms with E-state index < -0.39 is 34.7 Å². The van der Waals surface area contributed by atoms with Gasteiger partial charge >= 0.3 is 0 Å². The molecule has 0 aromatic rings. The average Bonchev–Trinajstić information content (AvgIpc) is 2.64. The van der Waals surface area contributed by atoms with E-state index in [1.807, 2.05) is 0 Å². The summed E-state index contributed by atoms with van der Waals surface area (Å²) >= 11 is 0. The van der Waals surface area contributed by atoms with Crippen molar-refractivity contribution < 1.29 is 20.4 Å². The van der Waals surface area contributed by atoms with Crippen LogP contribution in [0.4, 0.5) is 0 Å². The van der Waals surface area contributed by atoms with E-state index in [1.165, 1.54) is 5.57 Å². The largest absolute Gasteiger partial charge is 0.392 e. The highest BCUT2D eigenvalue weighted by atomic mass is 16.3. The summed E-state index contributed by atoms with van der Waals surface area (Å²) in [6.07, 6.45) is 2.59. The highest BCUT2D eigenvalue weighted by Gasteiger charge is 2.68. The van der Waals surface area contributed by atoms with Gasteiger partial charge in [0.05, 0.1) is 23.9 Å². The third-order valence-electron chi connectivity index (χ3n) is 8.01. The molecule has 4 N–H and O–H groups in total. The van der Waals surface area contributed by atoms with Gasteiger partial charge in [-0.3, -0.25) is 0 Å². The first kappa shape index (κ1) is 16.8. The number of fused-ring (bicyclic) bond motifs is 2. The van der Waals surface area contributed by atoms with Crippen molar-refractivity contribution in [1.29, 1.82) is 0 Å². The molecule has 134 valence electrons. The normalized spacial score (nSPS) is 55.6. The molecule has 0 radical (unpaired) electrons. The fraction of sp³-hybridized carbons (Fsp3) is 0.800. The molecule has 24 heavy (non-hydrogen) atoms. The summed E-state index contributed by atoms with van der Waals surface area (Å²) < 4.78 is 0. The SMILES string of the molecule is C=C1C2CC(O)C(C)(C)C(O)C2(O)CC23C=C(C)C(CCC12)C3O. The molecule has 4 aliphatic carbocycles. The smallest absolute Gasteiger partial charge is 0.0986 e. The van der Waals surface area contributed by atoms with E-state index in [4.69, 9.17) is 0 Å². The summed E-state index contributed by atoms with van der Waals surface area (Å²) in [6, 6.07) is 0. The highest BCUT2D eigenvalue weighted by Crippen LogP contribution is 2.66. The molecule has 0 heterocycles. The second-order valence-corrected chi connectivity index (χ2v) is 9.45. The van der Waals surface area contributed by atoms with Crippen LogP contribution < -0.4 is 0 Å². The van der Waals surface area contributed by atoms with E-state index in [0.717, 1.165) is 18.4 Å². The van der Waals surface area contributed by atoms with E-state index >= 15 is 0 Å². The Morgan fingerprint density at radius 2 is 1.79 bits per heavy atom. The van der Waals surface area contributed by atoms with Gasteiger partial charge in [0.1, 0.15) is 0 Å². The third-order valence-corrected chi connectivity index (χ3v) is 8.01. The van der Waals surface area contributed by atoms with E-state index in [1.54, 1.807) is 13.8 Å². The molecule has 4 aliphatic rings. The fourth-order valence-electron chi connectivity index (χ4n) is 6.53. The van der Waals surface area contributed by atoms with Gasteiger partial charge in [0, 0.05) is 22.7 Å². The molecule has 8 atom stereocenters. The summed E-state index contributed by atoms with van der Waals surface area (Å²) in [7, 11) is 0. The molecule has 0 saturated heterocycles. The van der Waals surface area contributed by atoms with Gasteiger partial charge in [0.15, 0.2) is 0 Å². The van der Waals surface area contributed by atoms with Crippen molar-refractivity contribution in [2.75, 3.05) is 0 Å². The van der Waals surface area contributed by atoms with Gasteiger partial charge in [-0.2, -0.15) is 0 Å². The zero-order valence-electron chi connectivity index (χ0n) is 14.9. The first-order valence-electron chi connectivity index (χ1n) is 9.20. The lowest BCUT2D eigenvalue weighted by Crippen LogP contribution is -2.69. The molecular formula is C20H30O4. The molecule has 8 unspecified atom stereocenters. The van der Waals surface area contributed by atoms with Gasteiger partial charge in [-0.1, -0.05) is 37.6 Å². The van der Waals surface area contributed by atoms with Crippen LogP contribution >= 0.6 is 0 Å². The average molecular weight is 334 g/mol. The van der Waals surface area contributed by atoms with Crippen molar-refractivity contribution in [2.45, 2.75) is 70.4 Å². The van der Waals surface area contributed by atoms with Crippen molar-refractivity contribution in [3.05, 3.63) is 23.8 Å². The Balaban J connectivity index is 1.83. The highest BCUT2D eigenvalue weighted by molar-refractivity contribution is 5.38. The second-order valence-electron chi connectivity index (χ2n) is 9.45. The summed E-state index contributed by atoms with van der Waals surface area (Å²) in [5.41, 5.74) is -0.550. The van der Waals surface area contributed by atoms with Crippen LogP contribution in [-0.2, 0) is 0 Å². The lowest BCUT2D eigenvalue weighted by molar-refractivity contribution is -0.245. The number of hydrogen-bond acceptors (Lipinski definition) is 4. The van der Waals surface area contributed by atoms with E-state index in [2.05, 4.69) is 19.6 Å². The fourth-order valence-corrected chi connectivity index (χ4v) is 6.53. The molecule has 2 bridgehead atoms. The predicted octanol–water partition coefficient (Wildman–Crippen LogP) is 1.78. The quantitative estimate of drug-likeness (QED) is 0.509. The Morgan fingerprint density at radius 1 is 1.12 bits per heavy atom. The van der Waals surface area contributed by atoms with Crippen LogP contribution in [0, 0.1) is 28.6 Å². The van der Waals surface area contributed by atoms with Crippen LogP contribution in [0.1, 0.15) is 46.5 Å². The Kier molecular flexibility index (Phi) is 3.30. The molecule has 0 aromatic heterocycles. The molecule has 0 amide bonds. The monoisotopic (exact) mass is 334 g/mol. The summed E-state index contributed by atoms with van der Waals surface area (Å²) in [5, 5.41) is 44.1. The van der Waals surface area contributed by atoms with Gasteiger partial charge in [0.2, 0.25) is 0 Å². The van der Waals surface area contributed by atoms with Crippen molar-refractivity contribution in [3.8, 4) is 0 Å². The number of aliphatic hydroxyl groups is 4. The summed E-state index contributed by atoms with van der Waals surface area (Å²) in [5.74, 6) is -0.0372. The van der Waals surface area contributed by atoms with Gasteiger partial charge in [-0.25, -0.2) is 0 Å². The van der Waals surface area contributed by atoms with Crippen molar-refractivity contribution in [3.63, 3.8) is 0 Å². The van der Waals surface area contributed by atoms with Crippen LogP contribution in [-0.4, -0.2) is 44.3 Å². The maximum Gasteiger partial charge on any atom is 0.0986 e. The molecule has 1 spiro atoms. The van der Waals surface area contributed by atoms with Crippen molar-refractivity contribution in [1.82, 2.24) is 0 Å². The molecule has 4 rings (SSSR count). The lowest BCUT2D eigenvalue weighted by Gasteiger charge is -2.63. The zero-order valence-corrected chi connectivity index (χ0v) is 14.9. The predicted molar refractivity (Wildman–Crippen MR) is 91.0 cm³/mol. The first-order valence-corrected chi connectivity index (χ1v) is 9.20. The Labute approximate surface area is 143 Å². The summed E-state index contributed by atoms with van der Waals surface area (Å²) in [4.78, 5) is 0. The third kappa shape index (κ3) is 1.73. The van der Waals surface area contributed by atoms with Crippen LogP contribution in [0.15, 0.2) is 23.8 Å². The molecule has 0 aromatic carbocycles. The van der Waals surface area contributed by atoms with Gasteiger partial charge < -0.3 is 20.4 Å². The maximum absolute atomic E-state index is 11.6. The minimum absolute atomic E-state index is 0.118. The minimum Gasteiger partial charge on any atom is -0.392 e. The zero-order chi connectivity index (χ0) is 17.7. The number of hydrogen-bond donors (Lipinski definition) is 4. The van der Waals surface area contributed by atoms with Crippen molar-refractivity contribution >= 4 is 0 Å². The molecule has 4 heteroatoms. The molecule has 3 saturated carbocycles. The molecule has 4 nitrogen and oxygen atoms in total. The van der Waals surface area contributed by atoms with E-state index in [9.17, 15) is 20.4 Å². The van der Waals surface area contributed by atoms with E-state index in [-0.39, 0.29) is 17.8 Å². The Hall–Kier alpha value is -0.680. The van der Waals surface area contributed by atoms with Crippen LogP contribution in [0.5, 0.6) is 0 Å². The molecule has 0 aliphatic heterocycles. The summed E-state index contributed by atoms with van der Waals surface area (Å²) in [6.45, 7) is 9.97. The number of rotatable bonds is 0. The number of aliphatic hydroxyl groups excluding tert-OH is 3. The van der Waals surface area contributed by atoms with Crippen molar-refractivity contribution in [2.24, 2.45) is 28.6 Å². The van der Waals surface area contributed by atoms with Gasteiger partial charge in [0.25, 0.3) is 0 Å². The van der Waals surface area contributed by atoms with Gasteiger partial charge in [-0.15, -0.1) is 0 Å². The van der Waals surface area contributed by atoms with Gasteiger partial charge in [-0.05, 0) is 38.5 Å². The first-order chi connectivity index (χ1) is 11.1. The Morgan fingerprint density at radius 3 is 2.46 bits per heavy atom. The maximum atomic E-state index is 11.6. The van der Waals surface area contributed by atoms with Crippen LogP contribution in [0.2, 0.25) is 0 Å². The minimum atomic E-state index is -1.35.